The van der Waals surface area contributed by atoms with E-state index in [0.717, 1.165) is 7.37 Å². The lowest BCUT2D eigenvalue weighted by Gasteiger charge is -2.27. The van der Waals surface area contributed by atoms with Gasteiger partial charge in [-0.25, -0.2) is 0 Å². The first-order chi connectivity index (χ1) is 7.77. The average Bonchev–Trinajstić information content (AvgIpc) is 2.72. The fourth-order valence-corrected chi connectivity index (χ4v) is 5.38. The third-order valence-corrected chi connectivity index (χ3v) is 6.10. The van der Waals surface area contributed by atoms with Gasteiger partial charge in [0.15, 0.2) is 0 Å². The van der Waals surface area contributed by atoms with E-state index in [1.165, 1.54) is 30.6 Å². The number of nitriles is 2. The molecule has 0 aromatic carbocycles. The Bertz CT molecular complexity index is 466. The summed E-state index contributed by atoms with van der Waals surface area (Å²) in [5.74, 6) is 1.18. The highest BCUT2D eigenvalue weighted by atomic mass is 32.5. The lowest BCUT2D eigenvalue weighted by atomic mass is 9.79. The van der Waals surface area contributed by atoms with Gasteiger partial charge in [-0.2, -0.15) is 10.5 Å². The zero-order valence-corrected chi connectivity index (χ0v) is 10.9. The summed E-state index contributed by atoms with van der Waals surface area (Å²) >= 11 is 0. The maximum Gasteiger partial charge on any atom is 0.108 e. The molecule has 1 aromatic rings. The molecule has 1 saturated carbocycles. The molecule has 1 aromatic heterocycles. The lowest BCUT2D eigenvalue weighted by Crippen LogP contribution is -2.14. The van der Waals surface area contributed by atoms with E-state index in [-0.39, 0.29) is 0 Å². The highest BCUT2D eigenvalue weighted by Crippen LogP contribution is 2.45. The number of nitrogens with zero attached hydrogens (tertiary/aromatic N) is 2. The van der Waals surface area contributed by atoms with Gasteiger partial charge in [-0.3, -0.25) is 0 Å². The number of rotatable bonds is 1. The van der Waals surface area contributed by atoms with Crippen molar-refractivity contribution in [2.45, 2.75) is 38.5 Å². The average molecular weight is 248 g/mol. The van der Waals surface area contributed by atoms with Crippen molar-refractivity contribution in [1.29, 1.82) is 10.5 Å². The van der Waals surface area contributed by atoms with E-state index in [9.17, 15) is 0 Å². The third kappa shape index (κ3) is 1.99. The van der Waals surface area contributed by atoms with Crippen LogP contribution < -0.4 is 0 Å². The molecule has 1 heterocycles. The minimum absolute atomic E-state index is 0.520. The molecule has 2 unspecified atom stereocenters. The highest BCUT2D eigenvalue weighted by molar-refractivity contribution is 7.81. The van der Waals surface area contributed by atoms with Crippen molar-refractivity contribution in [1.82, 2.24) is 0 Å². The molecule has 4 heteroatoms. The van der Waals surface area contributed by atoms with Crippen molar-refractivity contribution in [2.75, 3.05) is 0 Å². The maximum absolute atomic E-state index is 9.16. The minimum Gasteiger partial charge on any atom is -0.192 e. The van der Waals surface area contributed by atoms with Crippen LogP contribution in [0.15, 0.2) is 0 Å². The van der Waals surface area contributed by atoms with Crippen molar-refractivity contribution < 1.29 is 0 Å². The van der Waals surface area contributed by atoms with Crippen LogP contribution in [0, 0.1) is 28.6 Å². The summed E-state index contributed by atoms with van der Waals surface area (Å²) in [7, 11) is 2.64. The molecule has 2 nitrogen and oxygen atoms in total. The summed E-state index contributed by atoms with van der Waals surface area (Å²) in [4.78, 5) is 1.19. The van der Waals surface area contributed by atoms with Crippen LogP contribution in [0.25, 0.3) is 0 Å². The Hall–Kier alpha value is -0.890. The Kier molecular flexibility index (Phi) is 3.59. The molecule has 16 heavy (non-hydrogen) atoms. The first-order valence-corrected chi connectivity index (χ1v) is 7.89. The predicted octanol–water partition coefficient (Wildman–Crippen LogP) is 4.37. The Morgan fingerprint density at radius 2 is 2.00 bits per heavy atom. The first kappa shape index (κ1) is 11.6. The second-order valence-corrected chi connectivity index (χ2v) is 6.71. The summed E-state index contributed by atoms with van der Waals surface area (Å²) in [6.45, 7) is 2.27. The van der Waals surface area contributed by atoms with Crippen LogP contribution in [0.3, 0.4) is 0 Å². The summed E-state index contributed by atoms with van der Waals surface area (Å²) in [6, 6.07) is 4.38. The third-order valence-electron chi connectivity index (χ3n) is 3.38. The standard InChI is InChI=1S/C12H13N2PS/c1-8-4-2-3-5-9(8)12-10(6-13)11(7-14)15-16-12/h8-9H,2-5H2,1H3. The van der Waals surface area contributed by atoms with Gasteiger partial charge >= 0.3 is 0 Å². The van der Waals surface area contributed by atoms with Crippen molar-refractivity contribution >= 4 is 18.3 Å². The van der Waals surface area contributed by atoms with Gasteiger partial charge in [0.1, 0.15) is 17.4 Å². The van der Waals surface area contributed by atoms with Gasteiger partial charge in [-0.15, -0.1) is 10.9 Å². The van der Waals surface area contributed by atoms with Crippen LogP contribution >= 0.6 is 18.3 Å². The first-order valence-electron chi connectivity index (χ1n) is 5.57. The van der Waals surface area contributed by atoms with Crippen molar-refractivity contribution in [3.8, 4) is 12.1 Å². The molecule has 2 rings (SSSR count). The minimum atomic E-state index is 0.520. The van der Waals surface area contributed by atoms with E-state index >= 15 is 0 Å². The summed E-state index contributed by atoms with van der Waals surface area (Å²) < 4.78 is 0. The van der Waals surface area contributed by atoms with Gasteiger partial charge in [0, 0.05) is 12.2 Å². The van der Waals surface area contributed by atoms with E-state index in [1.807, 2.05) is 0 Å². The van der Waals surface area contributed by atoms with Crippen LogP contribution in [0.5, 0.6) is 0 Å². The second-order valence-electron chi connectivity index (χ2n) is 4.36. The van der Waals surface area contributed by atoms with Crippen molar-refractivity contribution in [2.24, 2.45) is 5.92 Å². The Balaban J connectivity index is 2.37. The molecule has 2 atom stereocenters. The highest BCUT2D eigenvalue weighted by Gasteiger charge is 2.27. The van der Waals surface area contributed by atoms with Gasteiger partial charge in [0.25, 0.3) is 0 Å². The molecule has 1 aliphatic carbocycles. The molecule has 0 radical (unpaired) electrons. The van der Waals surface area contributed by atoms with Crippen LogP contribution in [0.4, 0.5) is 0 Å². The molecular weight excluding hydrogens is 235 g/mol. The molecule has 0 bridgehead atoms. The van der Waals surface area contributed by atoms with Gasteiger partial charge in [-0.1, -0.05) is 26.2 Å². The summed E-state index contributed by atoms with van der Waals surface area (Å²) in [5, 5.41) is 18.8. The molecule has 1 aliphatic rings. The van der Waals surface area contributed by atoms with E-state index in [4.69, 9.17) is 10.5 Å². The van der Waals surface area contributed by atoms with Gasteiger partial charge < -0.3 is 0 Å². The van der Waals surface area contributed by atoms with Gasteiger partial charge in [0.2, 0.25) is 0 Å². The zero-order chi connectivity index (χ0) is 11.5. The molecule has 0 saturated heterocycles. The molecule has 0 N–H and O–H groups in total. The van der Waals surface area contributed by atoms with E-state index in [2.05, 4.69) is 19.1 Å². The monoisotopic (exact) mass is 248 g/mol. The van der Waals surface area contributed by atoms with Crippen LogP contribution in [-0.2, 0) is 0 Å². The van der Waals surface area contributed by atoms with E-state index < -0.39 is 0 Å². The fourth-order valence-electron chi connectivity index (χ4n) is 2.45. The molecule has 82 valence electrons. The number of hydrogen-bond donors (Lipinski definition) is 0. The van der Waals surface area contributed by atoms with Crippen LogP contribution in [0.2, 0.25) is 0 Å². The van der Waals surface area contributed by atoms with Gasteiger partial charge in [0.05, 0.1) is 5.56 Å². The van der Waals surface area contributed by atoms with Crippen molar-refractivity contribution in [3.63, 3.8) is 0 Å². The Morgan fingerprint density at radius 1 is 1.25 bits per heavy atom. The quantitative estimate of drug-likeness (QED) is 0.741. The largest absolute Gasteiger partial charge is 0.192 e. The van der Waals surface area contributed by atoms with Crippen molar-refractivity contribution in [3.05, 3.63) is 15.7 Å². The SMILES string of the molecule is CC1CCCCC1c1spc(C#N)c1C#N. The second kappa shape index (κ2) is 4.96. The fraction of sp³-hybridized carbons (Fsp3) is 0.583. The molecule has 0 aliphatic heterocycles. The molecule has 0 amide bonds. The molecule has 0 spiro atoms. The lowest BCUT2D eigenvalue weighted by molar-refractivity contribution is 0.334. The summed E-state index contributed by atoms with van der Waals surface area (Å²) in [5.41, 5.74) is 0.674. The number of hydrogen-bond acceptors (Lipinski definition) is 3. The van der Waals surface area contributed by atoms with Gasteiger partial charge in [-0.05, 0) is 18.3 Å². The molecular formula is C12H13N2PS. The molecule has 1 fully saturated rings. The normalized spacial score (nSPS) is 25.2. The Morgan fingerprint density at radius 3 is 2.62 bits per heavy atom. The smallest absolute Gasteiger partial charge is 0.108 e. The van der Waals surface area contributed by atoms with Crippen LogP contribution in [-0.4, -0.2) is 0 Å². The van der Waals surface area contributed by atoms with E-state index in [1.54, 1.807) is 10.9 Å². The topological polar surface area (TPSA) is 47.6 Å². The van der Waals surface area contributed by atoms with Crippen LogP contribution in [0.1, 0.15) is 54.3 Å². The zero-order valence-electron chi connectivity index (χ0n) is 9.23. The summed E-state index contributed by atoms with van der Waals surface area (Å²) in [6.07, 6.45) is 5.01. The maximum atomic E-state index is 9.16. The van der Waals surface area contributed by atoms with E-state index in [0.29, 0.717) is 22.7 Å². The predicted molar refractivity (Wildman–Crippen MR) is 66.6 cm³/mol. The Labute approximate surface area is 101 Å².